The molecule has 0 amide bonds. The molecule has 0 aliphatic carbocycles. The second-order valence-electron chi connectivity index (χ2n) is 3.93. The summed E-state index contributed by atoms with van der Waals surface area (Å²) in [6, 6.07) is 0. The fraction of sp³-hybridized carbons (Fsp3) is 0.800. The molecule has 0 bridgehead atoms. The maximum Gasteiger partial charge on any atom is 0.00642 e. The van der Waals surface area contributed by atoms with Crippen molar-refractivity contribution in [2.24, 2.45) is 5.41 Å². The Morgan fingerprint density at radius 3 is 2.36 bits per heavy atom. The molecule has 0 unspecified atom stereocenters. The molecular formula is C10H21N. The molecule has 0 atom stereocenters. The number of hydrogen-bond acceptors (Lipinski definition) is 1. The Morgan fingerprint density at radius 2 is 2.00 bits per heavy atom. The highest BCUT2D eigenvalue weighted by Gasteiger charge is 2.14. The van der Waals surface area contributed by atoms with Gasteiger partial charge in [-0.3, -0.25) is 0 Å². The van der Waals surface area contributed by atoms with Crippen LogP contribution in [-0.4, -0.2) is 25.0 Å². The van der Waals surface area contributed by atoms with Crippen molar-refractivity contribution in [3.05, 3.63) is 12.7 Å². The van der Waals surface area contributed by atoms with Crippen LogP contribution in [0.3, 0.4) is 0 Å². The Kier molecular flexibility index (Phi) is 4.43. The van der Waals surface area contributed by atoms with Crippen molar-refractivity contribution in [1.29, 1.82) is 0 Å². The molecule has 1 heteroatoms. The van der Waals surface area contributed by atoms with Gasteiger partial charge in [0.1, 0.15) is 0 Å². The standard InChI is InChI=1S/C10H21N/c1-6-8-11(5)9-10(3,4)7-2/h7H,2,6,8-9H2,1,3-5H3. The van der Waals surface area contributed by atoms with E-state index in [0.29, 0.717) is 0 Å². The van der Waals surface area contributed by atoms with Crippen molar-refractivity contribution < 1.29 is 0 Å². The van der Waals surface area contributed by atoms with Crippen LogP contribution in [0.25, 0.3) is 0 Å². The zero-order valence-electron chi connectivity index (χ0n) is 8.35. The molecule has 0 aliphatic rings. The third kappa shape index (κ3) is 5.02. The zero-order chi connectivity index (χ0) is 8.91. The van der Waals surface area contributed by atoms with E-state index in [4.69, 9.17) is 0 Å². The van der Waals surface area contributed by atoms with E-state index < -0.39 is 0 Å². The summed E-state index contributed by atoms with van der Waals surface area (Å²) in [5.41, 5.74) is 0.254. The molecule has 0 heterocycles. The quantitative estimate of drug-likeness (QED) is 0.551. The van der Waals surface area contributed by atoms with Crippen molar-refractivity contribution in [3.8, 4) is 0 Å². The fourth-order valence-electron chi connectivity index (χ4n) is 1.22. The SMILES string of the molecule is C=CC(C)(C)CN(C)CCC. The third-order valence-electron chi connectivity index (χ3n) is 1.84. The minimum Gasteiger partial charge on any atom is -0.306 e. The average molecular weight is 155 g/mol. The lowest BCUT2D eigenvalue weighted by Gasteiger charge is -2.26. The zero-order valence-corrected chi connectivity index (χ0v) is 8.35. The first-order chi connectivity index (χ1) is 5.02. The Hall–Kier alpha value is -0.300. The van der Waals surface area contributed by atoms with E-state index in [1.54, 1.807) is 0 Å². The largest absolute Gasteiger partial charge is 0.306 e. The smallest absolute Gasteiger partial charge is 0.00642 e. The van der Waals surface area contributed by atoms with Crippen LogP contribution in [-0.2, 0) is 0 Å². The lowest BCUT2D eigenvalue weighted by molar-refractivity contribution is 0.251. The number of rotatable bonds is 5. The summed E-state index contributed by atoms with van der Waals surface area (Å²) in [6.07, 6.45) is 3.25. The monoisotopic (exact) mass is 155 g/mol. The summed E-state index contributed by atoms with van der Waals surface area (Å²) in [5, 5.41) is 0. The summed E-state index contributed by atoms with van der Waals surface area (Å²) >= 11 is 0. The van der Waals surface area contributed by atoms with Gasteiger partial charge in [-0.2, -0.15) is 0 Å². The van der Waals surface area contributed by atoms with E-state index >= 15 is 0 Å². The molecule has 66 valence electrons. The van der Waals surface area contributed by atoms with Gasteiger partial charge in [-0.15, -0.1) is 6.58 Å². The summed E-state index contributed by atoms with van der Waals surface area (Å²) in [7, 11) is 2.16. The van der Waals surface area contributed by atoms with Crippen LogP contribution in [0.4, 0.5) is 0 Å². The van der Waals surface area contributed by atoms with Crippen LogP contribution in [0, 0.1) is 5.41 Å². The molecule has 0 aromatic heterocycles. The van der Waals surface area contributed by atoms with E-state index in [1.807, 2.05) is 6.08 Å². The van der Waals surface area contributed by atoms with E-state index in [9.17, 15) is 0 Å². The molecule has 0 saturated carbocycles. The average Bonchev–Trinajstić information content (AvgIpc) is 1.87. The van der Waals surface area contributed by atoms with Gasteiger partial charge in [0.15, 0.2) is 0 Å². The lowest BCUT2D eigenvalue weighted by Crippen LogP contribution is -2.30. The van der Waals surface area contributed by atoms with Gasteiger partial charge in [-0.25, -0.2) is 0 Å². The highest BCUT2D eigenvalue weighted by Crippen LogP contribution is 2.16. The van der Waals surface area contributed by atoms with Gasteiger partial charge in [0, 0.05) is 6.54 Å². The molecule has 0 aromatic carbocycles. The number of nitrogens with zero attached hydrogens (tertiary/aromatic N) is 1. The summed E-state index contributed by atoms with van der Waals surface area (Å²) in [4.78, 5) is 2.35. The molecular weight excluding hydrogens is 134 g/mol. The van der Waals surface area contributed by atoms with Crippen molar-refractivity contribution in [2.45, 2.75) is 27.2 Å². The number of hydrogen-bond donors (Lipinski definition) is 0. The minimum absolute atomic E-state index is 0.254. The topological polar surface area (TPSA) is 3.24 Å². The second kappa shape index (κ2) is 4.55. The predicted octanol–water partition coefficient (Wildman–Crippen LogP) is 2.54. The second-order valence-corrected chi connectivity index (χ2v) is 3.93. The van der Waals surface area contributed by atoms with Gasteiger partial charge >= 0.3 is 0 Å². The van der Waals surface area contributed by atoms with Gasteiger partial charge in [0.25, 0.3) is 0 Å². The minimum atomic E-state index is 0.254. The van der Waals surface area contributed by atoms with E-state index in [2.05, 4.69) is 39.3 Å². The highest BCUT2D eigenvalue weighted by molar-refractivity contribution is 4.89. The molecule has 11 heavy (non-hydrogen) atoms. The molecule has 0 fully saturated rings. The van der Waals surface area contributed by atoms with Crippen molar-refractivity contribution >= 4 is 0 Å². The maximum absolute atomic E-state index is 3.82. The van der Waals surface area contributed by atoms with Crippen molar-refractivity contribution in [2.75, 3.05) is 20.1 Å². The Labute approximate surface area is 71.1 Å². The van der Waals surface area contributed by atoms with Crippen LogP contribution in [0.15, 0.2) is 12.7 Å². The lowest BCUT2D eigenvalue weighted by atomic mass is 9.93. The summed E-state index contributed by atoms with van der Waals surface area (Å²) < 4.78 is 0. The van der Waals surface area contributed by atoms with Gasteiger partial charge < -0.3 is 4.90 Å². The predicted molar refractivity (Wildman–Crippen MR) is 51.8 cm³/mol. The molecule has 0 rings (SSSR count). The van der Waals surface area contributed by atoms with Gasteiger partial charge in [0.2, 0.25) is 0 Å². The Morgan fingerprint density at radius 1 is 1.45 bits per heavy atom. The van der Waals surface area contributed by atoms with E-state index in [1.165, 1.54) is 13.0 Å². The van der Waals surface area contributed by atoms with Gasteiger partial charge in [0.05, 0.1) is 0 Å². The molecule has 0 radical (unpaired) electrons. The van der Waals surface area contributed by atoms with Gasteiger partial charge in [-0.1, -0.05) is 26.8 Å². The van der Waals surface area contributed by atoms with E-state index in [0.717, 1.165) is 6.54 Å². The maximum atomic E-state index is 3.82. The molecule has 0 aliphatic heterocycles. The molecule has 0 spiro atoms. The molecule has 0 aromatic rings. The van der Waals surface area contributed by atoms with Crippen LogP contribution >= 0.6 is 0 Å². The first-order valence-corrected chi connectivity index (χ1v) is 4.34. The Balaban J connectivity index is 3.72. The summed E-state index contributed by atoms with van der Waals surface area (Å²) in [5.74, 6) is 0. The fourth-order valence-corrected chi connectivity index (χ4v) is 1.22. The van der Waals surface area contributed by atoms with Gasteiger partial charge in [-0.05, 0) is 25.4 Å². The first-order valence-electron chi connectivity index (χ1n) is 4.34. The van der Waals surface area contributed by atoms with Crippen molar-refractivity contribution in [1.82, 2.24) is 4.90 Å². The third-order valence-corrected chi connectivity index (χ3v) is 1.84. The molecule has 0 N–H and O–H groups in total. The van der Waals surface area contributed by atoms with Crippen molar-refractivity contribution in [3.63, 3.8) is 0 Å². The highest BCUT2D eigenvalue weighted by atomic mass is 15.1. The molecule has 0 saturated heterocycles. The van der Waals surface area contributed by atoms with Crippen LogP contribution < -0.4 is 0 Å². The Bertz CT molecular complexity index is 116. The van der Waals surface area contributed by atoms with E-state index in [-0.39, 0.29) is 5.41 Å². The van der Waals surface area contributed by atoms with Crippen LogP contribution in [0.5, 0.6) is 0 Å². The molecule has 1 nitrogen and oxygen atoms in total. The summed E-state index contributed by atoms with van der Waals surface area (Å²) in [6.45, 7) is 12.7. The van der Waals surface area contributed by atoms with Crippen LogP contribution in [0.1, 0.15) is 27.2 Å². The normalized spacial score (nSPS) is 12.1. The first kappa shape index (κ1) is 10.7. The van der Waals surface area contributed by atoms with Crippen LogP contribution in [0.2, 0.25) is 0 Å².